The monoisotopic (exact) mass is 564 g/mol. The number of rotatable bonds is 7. The summed E-state index contributed by atoms with van der Waals surface area (Å²) in [4.78, 5) is 26.1. The van der Waals surface area contributed by atoms with E-state index in [1.54, 1.807) is 24.4 Å². The molecule has 2 unspecified atom stereocenters. The van der Waals surface area contributed by atoms with E-state index >= 15 is 4.39 Å². The van der Waals surface area contributed by atoms with Gasteiger partial charge in [-0.05, 0) is 59.4 Å². The molecule has 10 heteroatoms. The fraction of sp³-hybridized carbons (Fsp3) is 0.290. The summed E-state index contributed by atoms with van der Waals surface area (Å²) in [5.41, 5.74) is 1.95. The van der Waals surface area contributed by atoms with Gasteiger partial charge in [0.05, 0.1) is 18.1 Å². The molecule has 4 aromatic rings. The number of amides is 1. The van der Waals surface area contributed by atoms with Crippen molar-refractivity contribution in [2.45, 2.75) is 38.5 Å². The Morgan fingerprint density at radius 2 is 1.80 bits per heavy atom. The highest BCUT2D eigenvalue weighted by atomic mass is 19.3. The van der Waals surface area contributed by atoms with E-state index in [1.807, 2.05) is 13.8 Å². The van der Waals surface area contributed by atoms with Gasteiger partial charge in [-0.1, -0.05) is 26.0 Å². The molecule has 3 heterocycles. The van der Waals surface area contributed by atoms with E-state index in [1.165, 1.54) is 24.7 Å². The van der Waals surface area contributed by atoms with Gasteiger partial charge < -0.3 is 10.1 Å². The predicted octanol–water partition coefficient (Wildman–Crippen LogP) is 7.24. The number of halogens is 4. The molecule has 0 spiro atoms. The van der Waals surface area contributed by atoms with Crippen LogP contribution in [-0.2, 0) is 4.74 Å². The first kappa shape index (κ1) is 28.4. The number of aromatic nitrogens is 3. The van der Waals surface area contributed by atoms with Gasteiger partial charge in [-0.3, -0.25) is 9.78 Å². The van der Waals surface area contributed by atoms with Crippen molar-refractivity contribution in [1.29, 1.82) is 0 Å². The number of hydrogen-bond acceptors (Lipinski definition) is 5. The minimum absolute atomic E-state index is 0.0405. The molecule has 212 valence electrons. The zero-order valence-corrected chi connectivity index (χ0v) is 22.5. The Bertz CT molecular complexity index is 1530. The van der Waals surface area contributed by atoms with E-state index in [9.17, 15) is 18.0 Å². The van der Waals surface area contributed by atoms with Crippen molar-refractivity contribution >= 4 is 11.6 Å². The van der Waals surface area contributed by atoms with Crippen LogP contribution in [0.2, 0.25) is 0 Å². The third-order valence-corrected chi connectivity index (χ3v) is 7.21. The molecule has 41 heavy (non-hydrogen) atoms. The number of ether oxygens (including phenoxy) is 1. The predicted molar refractivity (Wildman–Crippen MR) is 147 cm³/mol. The Morgan fingerprint density at radius 3 is 2.49 bits per heavy atom. The van der Waals surface area contributed by atoms with Gasteiger partial charge in [0.15, 0.2) is 0 Å². The molecule has 1 N–H and O–H groups in total. The first-order chi connectivity index (χ1) is 19.7. The Balaban J connectivity index is 1.73. The van der Waals surface area contributed by atoms with Crippen molar-refractivity contribution in [1.82, 2.24) is 15.0 Å². The fourth-order valence-corrected chi connectivity index (χ4v) is 5.18. The van der Waals surface area contributed by atoms with Crippen LogP contribution < -0.4 is 5.32 Å². The highest BCUT2D eigenvalue weighted by molar-refractivity contribution is 6.05. The molecule has 2 atom stereocenters. The summed E-state index contributed by atoms with van der Waals surface area (Å²) in [6.45, 7) is 3.89. The molecule has 0 saturated carbocycles. The van der Waals surface area contributed by atoms with E-state index in [4.69, 9.17) is 4.74 Å². The van der Waals surface area contributed by atoms with Crippen LogP contribution in [0.4, 0.5) is 23.2 Å². The van der Waals surface area contributed by atoms with Crippen molar-refractivity contribution < 1.29 is 27.1 Å². The van der Waals surface area contributed by atoms with Crippen LogP contribution in [0, 0.1) is 17.6 Å². The summed E-state index contributed by atoms with van der Waals surface area (Å²) in [5.74, 6) is -3.20. The Kier molecular flexibility index (Phi) is 8.39. The first-order valence-corrected chi connectivity index (χ1v) is 13.3. The zero-order chi connectivity index (χ0) is 29.1. The van der Waals surface area contributed by atoms with Crippen LogP contribution in [0.5, 0.6) is 0 Å². The lowest BCUT2D eigenvalue weighted by Gasteiger charge is -2.34. The largest absolute Gasteiger partial charge is 0.381 e. The summed E-state index contributed by atoms with van der Waals surface area (Å²) in [7, 11) is 0. The van der Waals surface area contributed by atoms with E-state index < -0.39 is 35.8 Å². The van der Waals surface area contributed by atoms with Gasteiger partial charge >= 0.3 is 0 Å². The topological polar surface area (TPSA) is 77.0 Å². The molecular formula is C31H28F4N4O2. The van der Waals surface area contributed by atoms with Gasteiger partial charge in [0.25, 0.3) is 5.91 Å². The lowest BCUT2D eigenvalue weighted by atomic mass is 9.76. The summed E-state index contributed by atoms with van der Waals surface area (Å²) in [6, 6.07) is 9.56. The number of carbonyl (C=O) groups excluding carboxylic acids is 1. The van der Waals surface area contributed by atoms with Crippen molar-refractivity contribution in [2.75, 3.05) is 18.5 Å². The maximum Gasteiger partial charge on any atom is 0.258 e. The van der Waals surface area contributed by atoms with Crippen LogP contribution in [0.3, 0.4) is 0 Å². The summed E-state index contributed by atoms with van der Waals surface area (Å²) < 4.78 is 63.7. The van der Waals surface area contributed by atoms with Crippen molar-refractivity contribution in [2.24, 2.45) is 5.92 Å². The van der Waals surface area contributed by atoms with E-state index in [0.717, 1.165) is 18.2 Å². The SMILES string of the molecule is CC(C)c1ncc(C(=O)Nc2ccc(-c3cc(F)ccc3F)c(-c3cccnc3)c2C2CCOCC2C(F)F)cn1. The third-order valence-electron chi connectivity index (χ3n) is 7.21. The van der Waals surface area contributed by atoms with Crippen molar-refractivity contribution in [3.05, 3.63) is 95.8 Å². The Hall–Kier alpha value is -4.18. The second-order valence-corrected chi connectivity index (χ2v) is 10.2. The fourth-order valence-electron chi connectivity index (χ4n) is 5.18. The lowest BCUT2D eigenvalue weighted by molar-refractivity contribution is -0.0376. The lowest BCUT2D eigenvalue weighted by Crippen LogP contribution is -2.32. The maximum absolute atomic E-state index is 15.1. The van der Waals surface area contributed by atoms with Crippen LogP contribution >= 0.6 is 0 Å². The Morgan fingerprint density at radius 1 is 1.02 bits per heavy atom. The summed E-state index contributed by atoms with van der Waals surface area (Å²) in [5, 5.41) is 2.85. The number of carbonyl (C=O) groups is 1. The van der Waals surface area contributed by atoms with Crippen molar-refractivity contribution in [3.8, 4) is 22.3 Å². The van der Waals surface area contributed by atoms with Gasteiger partial charge in [0.2, 0.25) is 6.43 Å². The molecule has 0 radical (unpaired) electrons. The number of benzene rings is 2. The molecule has 1 amide bonds. The normalized spacial score (nSPS) is 17.2. The number of alkyl halides is 2. The van der Waals surface area contributed by atoms with E-state index in [-0.39, 0.29) is 47.9 Å². The van der Waals surface area contributed by atoms with E-state index in [0.29, 0.717) is 22.5 Å². The second kappa shape index (κ2) is 12.1. The molecule has 1 saturated heterocycles. The van der Waals surface area contributed by atoms with Gasteiger partial charge in [-0.25, -0.2) is 27.5 Å². The van der Waals surface area contributed by atoms with Gasteiger partial charge in [-0.15, -0.1) is 0 Å². The van der Waals surface area contributed by atoms with Gasteiger partial charge in [0, 0.05) is 54.1 Å². The highest BCUT2D eigenvalue weighted by Gasteiger charge is 2.38. The average molecular weight is 565 g/mol. The average Bonchev–Trinajstić information content (AvgIpc) is 2.98. The molecule has 2 aromatic heterocycles. The maximum atomic E-state index is 15.1. The number of nitrogens with one attached hydrogen (secondary N) is 1. The molecule has 6 nitrogen and oxygen atoms in total. The van der Waals surface area contributed by atoms with Crippen LogP contribution in [0.25, 0.3) is 22.3 Å². The van der Waals surface area contributed by atoms with E-state index in [2.05, 4.69) is 20.3 Å². The van der Waals surface area contributed by atoms with Gasteiger partial charge in [0.1, 0.15) is 17.5 Å². The quantitative estimate of drug-likeness (QED) is 0.240. The van der Waals surface area contributed by atoms with Crippen LogP contribution in [0.15, 0.2) is 67.3 Å². The standard InChI is InChI=1S/C31H28F4N4O2/c1-17(2)30-37-14-19(15-38-30)31(40)39-26-8-6-21(23-12-20(32)5-7-25(23)33)27(18-4-3-10-36-13-18)28(26)22-9-11-41-16-24(22)29(34)35/h3-8,10,12-15,17,22,24,29H,9,11,16H2,1-2H3,(H,39,40). The number of hydrogen-bond donors (Lipinski definition) is 1. The van der Waals surface area contributed by atoms with Crippen LogP contribution in [0.1, 0.15) is 53.8 Å². The van der Waals surface area contributed by atoms with Crippen molar-refractivity contribution in [3.63, 3.8) is 0 Å². The third kappa shape index (κ3) is 5.97. The van der Waals surface area contributed by atoms with Gasteiger partial charge in [-0.2, -0.15) is 0 Å². The van der Waals surface area contributed by atoms with Crippen LogP contribution in [-0.4, -0.2) is 40.5 Å². The molecule has 1 aliphatic rings. The highest BCUT2D eigenvalue weighted by Crippen LogP contribution is 2.48. The molecule has 2 aromatic carbocycles. The summed E-state index contributed by atoms with van der Waals surface area (Å²) >= 11 is 0. The smallest absolute Gasteiger partial charge is 0.258 e. The zero-order valence-electron chi connectivity index (χ0n) is 22.5. The minimum atomic E-state index is -2.72. The molecule has 0 bridgehead atoms. The Labute approximate surface area is 234 Å². The molecular weight excluding hydrogens is 536 g/mol. The molecule has 0 aliphatic carbocycles. The summed E-state index contributed by atoms with van der Waals surface area (Å²) in [6.07, 6.45) is 3.40. The number of nitrogens with zero attached hydrogens (tertiary/aromatic N) is 3. The number of anilines is 1. The molecule has 1 aliphatic heterocycles. The first-order valence-electron chi connectivity index (χ1n) is 13.3. The molecule has 1 fully saturated rings. The second-order valence-electron chi connectivity index (χ2n) is 10.2. The molecule has 5 rings (SSSR count). The number of pyridine rings is 1. The minimum Gasteiger partial charge on any atom is -0.381 e.